The number of carbonyl (C=O) groups excluding carboxylic acids is 1. The van der Waals surface area contributed by atoms with E-state index >= 15 is 0 Å². The van der Waals surface area contributed by atoms with Gasteiger partial charge in [0.25, 0.3) is 0 Å². The van der Waals surface area contributed by atoms with Gasteiger partial charge >= 0.3 is 0 Å². The zero-order valence-corrected chi connectivity index (χ0v) is 16.9. The van der Waals surface area contributed by atoms with Gasteiger partial charge in [0.05, 0.1) is 16.0 Å². The summed E-state index contributed by atoms with van der Waals surface area (Å²) in [5.74, 6) is 2.22. The molecule has 1 aromatic rings. The van der Waals surface area contributed by atoms with Crippen molar-refractivity contribution in [2.45, 2.75) is 44.2 Å². The van der Waals surface area contributed by atoms with E-state index in [1.807, 2.05) is 23.9 Å². The molecule has 1 amide bonds. The van der Waals surface area contributed by atoms with Crippen LogP contribution in [0.2, 0.25) is 10.0 Å². The molecule has 3 aliphatic rings. The van der Waals surface area contributed by atoms with Crippen LogP contribution < -0.4 is 0 Å². The van der Waals surface area contributed by atoms with Crippen LogP contribution in [-0.4, -0.2) is 52.5 Å². The van der Waals surface area contributed by atoms with E-state index in [9.17, 15) is 4.79 Å². The standard InChI is InChI=1S/C19H24Cl2N2OS/c1-19(22-6-2-3-7-22)12-25-9-8-23(19)18(24)14-5-4-13-10-16(20)17(21)11-15(13)14/h10-11,14H,2-9,12H2,1H3. The highest BCUT2D eigenvalue weighted by molar-refractivity contribution is 7.99. The number of aryl methyl sites for hydroxylation is 1. The maximum absolute atomic E-state index is 13.5. The van der Waals surface area contributed by atoms with Crippen molar-refractivity contribution >= 4 is 40.9 Å². The van der Waals surface area contributed by atoms with Crippen LogP contribution in [-0.2, 0) is 11.2 Å². The van der Waals surface area contributed by atoms with Crippen LogP contribution in [0.15, 0.2) is 12.1 Å². The molecule has 25 heavy (non-hydrogen) atoms. The zero-order chi connectivity index (χ0) is 17.6. The van der Waals surface area contributed by atoms with E-state index in [1.54, 1.807) is 0 Å². The van der Waals surface area contributed by atoms with E-state index in [0.29, 0.717) is 10.0 Å². The summed E-state index contributed by atoms with van der Waals surface area (Å²) >= 11 is 14.4. The van der Waals surface area contributed by atoms with Gasteiger partial charge in [-0.05, 0) is 55.9 Å². The molecular weight excluding hydrogens is 375 g/mol. The van der Waals surface area contributed by atoms with Crippen LogP contribution in [0.5, 0.6) is 0 Å². The van der Waals surface area contributed by atoms with Crippen LogP contribution in [0.3, 0.4) is 0 Å². The van der Waals surface area contributed by atoms with E-state index in [1.165, 1.54) is 18.4 Å². The minimum absolute atomic E-state index is 0.0743. The third-order valence-corrected chi connectivity index (χ3v) is 7.97. The maximum Gasteiger partial charge on any atom is 0.231 e. The molecule has 1 aliphatic carbocycles. The molecule has 0 bridgehead atoms. The highest BCUT2D eigenvalue weighted by Crippen LogP contribution is 2.41. The fourth-order valence-corrected chi connectivity index (χ4v) is 6.13. The predicted molar refractivity (Wildman–Crippen MR) is 106 cm³/mol. The van der Waals surface area contributed by atoms with E-state index in [-0.39, 0.29) is 17.5 Å². The number of carbonyl (C=O) groups is 1. The molecule has 0 N–H and O–H groups in total. The number of thioether (sulfide) groups is 1. The second-order valence-electron chi connectivity index (χ2n) is 7.51. The lowest BCUT2D eigenvalue weighted by Gasteiger charge is -2.50. The largest absolute Gasteiger partial charge is 0.322 e. The summed E-state index contributed by atoms with van der Waals surface area (Å²) in [5.41, 5.74) is 2.11. The Kier molecular flexibility index (Phi) is 5.00. The number of halogens is 2. The third kappa shape index (κ3) is 3.09. The summed E-state index contributed by atoms with van der Waals surface area (Å²) in [6.45, 7) is 5.30. The van der Waals surface area contributed by atoms with Gasteiger partial charge in [0.1, 0.15) is 5.66 Å². The first kappa shape index (κ1) is 18.0. The number of amides is 1. The third-order valence-electron chi connectivity index (χ3n) is 6.03. The summed E-state index contributed by atoms with van der Waals surface area (Å²) in [6.07, 6.45) is 4.25. The molecule has 4 rings (SSSR count). The first-order chi connectivity index (χ1) is 12.0. The molecule has 6 heteroatoms. The lowest BCUT2D eigenvalue weighted by molar-refractivity contribution is -0.145. The molecular formula is C19H24Cl2N2OS. The van der Waals surface area contributed by atoms with Crippen LogP contribution >= 0.6 is 35.0 Å². The number of rotatable bonds is 2. The number of hydrogen-bond donors (Lipinski definition) is 0. The summed E-state index contributed by atoms with van der Waals surface area (Å²) in [6, 6.07) is 3.86. The van der Waals surface area contributed by atoms with Crippen molar-refractivity contribution in [2.24, 2.45) is 0 Å². The zero-order valence-electron chi connectivity index (χ0n) is 14.6. The summed E-state index contributed by atoms with van der Waals surface area (Å²) in [4.78, 5) is 18.2. The highest BCUT2D eigenvalue weighted by Gasteiger charge is 2.46. The molecule has 2 heterocycles. The van der Waals surface area contributed by atoms with E-state index in [0.717, 1.165) is 49.5 Å². The Hall–Kier alpha value is -0.420. The van der Waals surface area contributed by atoms with Crippen molar-refractivity contribution in [3.8, 4) is 0 Å². The number of benzene rings is 1. The van der Waals surface area contributed by atoms with Crippen LogP contribution in [0.1, 0.15) is 43.2 Å². The molecule has 0 spiro atoms. The molecule has 2 fully saturated rings. The minimum atomic E-state index is -0.157. The van der Waals surface area contributed by atoms with Gasteiger partial charge in [-0.3, -0.25) is 9.69 Å². The Balaban J connectivity index is 1.63. The molecule has 1 aromatic carbocycles. The van der Waals surface area contributed by atoms with Crippen LogP contribution in [0.4, 0.5) is 0 Å². The predicted octanol–water partition coefficient (Wildman–Crippen LogP) is 4.41. The fourth-order valence-electron chi connectivity index (χ4n) is 4.59. The van der Waals surface area contributed by atoms with Crippen molar-refractivity contribution in [3.63, 3.8) is 0 Å². The van der Waals surface area contributed by atoms with Crippen LogP contribution in [0, 0.1) is 0 Å². The second-order valence-corrected chi connectivity index (χ2v) is 9.43. The van der Waals surface area contributed by atoms with Gasteiger partial charge in [-0.2, -0.15) is 11.8 Å². The lowest BCUT2D eigenvalue weighted by Crippen LogP contribution is -2.64. The normalized spacial score (nSPS) is 29.9. The SMILES string of the molecule is CC1(N2CCCC2)CSCCN1C(=O)C1CCc2cc(Cl)c(Cl)cc21. The second kappa shape index (κ2) is 6.95. The van der Waals surface area contributed by atoms with E-state index in [2.05, 4.69) is 16.7 Å². The first-order valence-electron chi connectivity index (χ1n) is 9.13. The number of fused-ring (bicyclic) bond motifs is 1. The molecule has 2 unspecified atom stereocenters. The first-order valence-corrected chi connectivity index (χ1v) is 11.0. The molecule has 0 saturated carbocycles. The number of hydrogen-bond acceptors (Lipinski definition) is 3. The molecule has 2 aliphatic heterocycles. The number of likely N-dealkylation sites (tertiary alicyclic amines) is 1. The fraction of sp³-hybridized carbons (Fsp3) is 0.632. The Morgan fingerprint density at radius 1 is 1.20 bits per heavy atom. The van der Waals surface area contributed by atoms with Crippen molar-refractivity contribution in [3.05, 3.63) is 33.3 Å². The summed E-state index contributed by atoms with van der Waals surface area (Å²) in [5, 5.41) is 1.14. The Bertz CT molecular complexity index is 692. The quantitative estimate of drug-likeness (QED) is 0.736. The van der Waals surface area contributed by atoms with Gasteiger partial charge in [0.2, 0.25) is 5.91 Å². The van der Waals surface area contributed by atoms with Crippen molar-refractivity contribution < 1.29 is 4.79 Å². The van der Waals surface area contributed by atoms with Gasteiger partial charge in [-0.25, -0.2) is 0 Å². The lowest BCUT2D eigenvalue weighted by atomic mass is 9.97. The molecule has 0 radical (unpaired) electrons. The monoisotopic (exact) mass is 398 g/mol. The van der Waals surface area contributed by atoms with Gasteiger partial charge in [0.15, 0.2) is 0 Å². The maximum atomic E-state index is 13.5. The molecule has 2 saturated heterocycles. The average molecular weight is 399 g/mol. The molecule has 2 atom stereocenters. The van der Waals surface area contributed by atoms with Crippen LogP contribution in [0.25, 0.3) is 0 Å². The minimum Gasteiger partial charge on any atom is -0.322 e. The molecule has 3 nitrogen and oxygen atoms in total. The number of nitrogens with zero attached hydrogens (tertiary/aromatic N) is 2. The van der Waals surface area contributed by atoms with E-state index in [4.69, 9.17) is 23.2 Å². The summed E-state index contributed by atoms with van der Waals surface area (Å²) in [7, 11) is 0. The Labute approximate surface area is 164 Å². The topological polar surface area (TPSA) is 23.6 Å². The Morgan fingerprint density at radius 3 is 2.68 bits per heavy atom. The van der Waals surface area contributed by atoms with Gasteiger partial charge in [0, 0.05) is 31.1 Å². The van der Waals surface area contributed by atoms with Crippen molar-refractivity contribution in [1.82, 2.24) is 9.80 Å². The molecule has 0 aromatic heterocycles. The van der Waals surface area contributed by atoms with Gasteiger partial charge in [-0.15, -0.1) is 0 Å². The van der Waals surface area contributed by atoms with Crippen molar-refractivity contribution in [1.29, 1.82) is 0 Å². The van der Waals surface area contributed by atoms with Gasteiger partial charge in [-0.1, -0.05) is 23.2 Å². The molecule has 136 valence electrons. The van der Waals surface area contributed by atoms with Gasteiger partial charge < -0.3 is 4.90 Å². The van der Waals surface area contributed by atoms with Crippen molar-refractivity contribution in [2.75, 3.05) is 31.1 Å². The Morgan fingerprint density at radius 2 is 1.92 bits per heavy atom. The highest BCUT2D eigenvalue weighted by atomic mass is 35.5. The summed E-state index contributed by atoms with van der Waals surface area (Å²) < 4.78 is 0. The smallest absolute Gasteiger partial charge is 0.231 e. The average Bonchev–Trinajstić information content (AvgIpc) is 3.25. The van der Waals surface area contributed by atoms with E-state index < -0.39 is 0 Å².